The summed E-state index contributed by atoms with van der Waals surface area (Å²) in [5.41, 5.74) is 5.79. The number of amides is 3. The van der Waals surface area contributed by atoms with E-state index < -0.39 is 54.0 Å². The van der Waals surface area contributed by atoms with Gasteiger partial charge in [-0.3, -0.25) is 14.4 Å². The topological polar surface area (TPSA) is 171 Å². The number of carboxylic acid groups (broad SMARTS) is 1. The van der Waals surface area contributed by atoms with E-state index in [1.54, 1.807) is 13.8 Å². The van der Waals surface area contributed by atoms with Crippen LogP contribution in [0.15, 0.2) is 0 Å². The predicted octanol–water partition coefficient (Wildman–Crippen LogP) is -1.04. The van der Waals surface area contributed by atoms with Crippen LogP contribution in [0.1, 0.15) is 33.6 Å². The van der Waals surface area contributed by atoms with Crippen LogP contribution in [0, 0.1) is 5.92 Å². The quantitative estimate of drug-likeness (QED) is 0.159. The molecule has 174 valence electrons. The molecule has 0 rings (SSSR count). The summed E-state index contributed by atoms with van der Waals surface area (Å²) in [4.78, 5) is 48.7. The van der Waals surface area contributed by atoms with Crippen molar-refractivity contribution in [3.8, 4) is 0 Å². The smallest absolute Gasteiger partial charge is 0.326 e. The first-order chi connectivity index (χ1) is 14.0. The molecule has 30 heavy (non-hydrogen) atoms. The van der Waals surface area contributed by atoms with Crippen LogP contribution in [0.25, 0.3) is 0 Å². The maximum Gasteiger partial charge on any atom is 0.326 e. The molecule has 10 nitrogen and oxygen atoms in total. The van der Waals surface area contributed by atoms with Crippen molar-refractivity contribution in [2.45, 2.75) is 63.9 Å². The molecule has 3 amide bonds. The number of nitrogens with one attached hydrogen (secondary N) is 3. The minimum absolute atomic E-state index is 0.0639. The van der Waals surface area contributed by atoms with Crippen LogP contribution >= 0.6 is 24.4 Å². The Hall–Kier alpha value is -1.50. The molecule has 0 aliphatic heterocycles. The summed E-state index contributed by atoms with van der Waals surface area (Å²) in [6.45, 7) is 4.74. The van der Waals surface area contributed by atoms with Gasteiger partial charge in [-0.05, 0) is 31.3 Å². The van der Waals surface area contributed by atoms with Gasteiger partial charge in [0.05, 0.1) is 12.1 Å². The lowest BCUT2D eigenvalue weighted by atomic mass is 9.98. The van der Waals surface area contributed by atoms with Gasteiger partial charge in [0.15, 0.2) is 0 Å². The zero-order valence-electron chi connectivity index (χ0n) is 17.8. The lowest BCUT2D eigenvalue weighted by Gasteiger charge is -2.27. The van der Waals surface area contributed by atoms with E-state index in [4.69, 9.17) is 5.73 Å². The predicted molar refractivity (Wildman–Crippen MR) is 119 cm³/mol. The summed E-state index contributed by atoms with van der Waals surface area (Å²) >= 11 is 5.59. The SMILES string of the molecule is CCC(C)C(NC(=O)C(NC(=O)C(CS)NC(=O)C(N)CCSC)C(C)O)C(=O)O. The van der Waals surface area contributed by atoms with Gasteiger partial charge in [-0.1, -0.05) is 20.3 Å². The summed E-state index contributed by atoms with van der Waals surface area (Å²) in [5.74, 6) is -3.07. The second-order valence-electron chi connectivity index (χ2n) is 7.07. The highest BCUT2D eigenvalue weighted by Gasteiger charge is 2.33. The Morgan fingerprint density at radius 3 is 2.03 bits per heavy atom. The minimum atomic E-state index is -1.41. The fraction of sp³-hybridized carbons (Fsp3) is 0.778. The number of aliphatic carboxylic acids is 1. The van der Waals surface area contributed by atoms with E-state index in [9.17, 15) is 29.4 Å². The molecule has 0 heterocycles. The van der Waals surface area contributed by atoms with Crippen molar-refractivity contribution in [3.05, 3.63) is 0 Å². The molecule has 0 aromatic carbocycles. The molecular formula is C18H34N4O6S2. The maximum atomic E-state index is 12.5. The third kappa shape index (κ3) is 9.54. The van der Waals surface area contributed by atoms with Crippen LogP contribution < -0.4 is 21.7 Å². The number of carboxylic acids is 1. The Bertz CT molecular complexity index is 593. The average Bonchev–Trinajstić information content (AvgIpc) is 2.70. The molecule has 6 atom stereocenters. The monoisotopic (exact) mass is 466 g/mol. The van der Waals surface area contributed by atoms with Crippen molar-refractivity contribution in [3.63, 3.8) is 0 Å². The number of thioether (sulfide) groups is 1. The molecule has 0 spiro atoms. The van der Waals surface area contributed by atoms with Crippen LogP contribution in [-0.2, 0) is 19.2 Å². The summed E-state index contributed by atoms with van der Waals surface area (Å²) in [6.07, 6.45) is 1.51. The number of aliphatic hydroxyl groups is 1. The van der Waals surface area contributed by atoms with Crippen molar-refractivity contribution in [1.29, 1.82) is 0 Å². The van der Waals surface area contributed by atoms with Gasteiger partial charge in [-0.15, -0.1) is 0 Å². The highest BCUT2D eigenvalue weighted by Crippen LogP contribution is 2.09. The Morgan fingerprint density at radius 2 is 1.60 bits per heavy atom. The zero-order valence-corrected chi connectivity index (χ0v) is 19.5. The van der Waals surface area contributed by atoms with Crippen LogP contribution in [0.4, 0.5) is 0 Å². The number of nitrogens with two attached hydrogens (primary N) is 1. The minimum Gasteiger partial charge on any atom is -0.480 e. The van der Waals surface area contributed by atoms with E-state index in [-0.39, 0.29) is 11.7 Å². The number of hydrogen-bond acceptors (Lipinski definition) is 8. The molecule has 0 radical (unpaired) electrons. The lowest BCUT2D eigenvalue weighted by molar-refractivity contribution is -0.144. The molecule has 0 aliphatic rings. The first-order valence-electron chi connectivity index (χ1n) is 9.67. The Labute approximate surface area is 186 Å². The van der Waals surface area contributed by atoms with Gasteiger partial charge < -0.3 is 31.9 Å². The fourth-order valence-electron chi connectivity index (χ4n) is 2.43. The van der Waals surface area contributed by atoms with Crippen molar-refractivity contribution >= 4 is 48.1 Å². The molecule has 0 aliphatic carbocycles. The molecule has 7 N–H and O–H groups in total. The maximum absolute atomic E-state index is 12.5. The van der Waals surface area contributed by atoms with E-state index in [0.29, 0.717) is 18.6 Å². The third-order valence-electron chi connectivity index (χ3n) is 4.62. The number of thiol groups is 1. The third-order valence-corrected chi connectivity index (χ3v) is 5.63. The van der Waals surface area contributed by atoms with Crippen molar-refractivity contribution in [1.82, 2.24) is 16.0 Å². The fourth-order valence-corrected chi connectivity index (χ4v) is 3.18. The highest BCUT2D eigenvalue weighted by molar-refractivity contribution is 7.98. The summed E-state index contributed by atoms with van der Waals surface area (Å²) < 4.78 is 0. The van der Waals surface area contributed by atoms with E-state index in [1.807, 2.05) is 6.26 Å². The molecule has 0 bridgehead atoms. The van der Waals surface area contributed by atoms with Crippen LogP contribution in [0.3, 0.4) is 0 Å². The number of carbonyl (C=O) groups excluding carboxylic acids is 3. The van der Waals surface area contributed by atoms with E-state index >= 15 is 0 Å². The normalized spacial score (nSPS) is 17.0. The van der Waals surface area contributed by atoms with Gasteiger partial charge in [0, 0.05) is 5.75 Å². The molecule has 6 unspecified atom stereocenters. The van der Waals surface area contributed by atoms with Crippen LogP contribution in [-0.4, -0.2) is 81.9 Å². The van der Waals surface area contributed by atoms with Gasteiger partial charge in [0.1, 0.15) is 18.1 Å². The van der Waals surface area contributed by atoms with Crippen molar-refractivity contribution < 1.29 is 29.4 Å². The Morgan fingerprint density at radius 1 is 1.03 bits per heavy atom. The molecule has 12 heteroatoms. The summed E-state index contributed by atoms with van der Waals surface area (Å²) in [5, 5.41) is 26.5. The van der Waals surface area contributed by atoms with E-state index in [1.165, 1.54) is 18.7 Å². The van der Waals surface area contributed by atoms with Crippen LogP contribution in [0.2, 0.25) is 0 Å². The van der Waals surface area contributed by atoms with E-state index in [2.05, 4.69) is 28.6 Å². The Kier molecular flexibility index (Phi) is 13.8. The molecular weight excluding hydrogens is 432 g/mol. The number of aliphatic hydroxyl groups excluding tert-OH is 1. The van der Waals surface area contributed by atoms with Crippen LogP contribution in [0.5, 0.6) is 0 Å². The average molecular weight is 467 g/mol. The first-order valence-corrected chi connectivity index (χ1v) is 11.7. The van der Waals surface area contributed by atoms with Gasteiger partial charge >= 0.3 is 5.97 Å². The molecule has 0 saturated carbocycles. The van der Waals surface area contributed by atoms with Crippen molar-refractivity contribution in [2.24, 2.45) is 11.7 Å². The number of carbonyl (C=O) groups is 4. The van der Waals surface area contributed by atoms with Gasteiger partial charge in [0.25, 0.3) is 0 Å². The molecule has 0 saturated heterocycles. The Balaban J connectivity index is 5.17. The summed E-state index contributed by atoms with van der Waals surface area (Å²) in [7, 11) is 0. The molecule has 0 aromatic rings. The lowest BCUT2D eigenvalue weighted by Crippen LogP contribution is -2.60. The second-order valence-corrected chi connectivity index (χ2v) is 8.42. The highest BCUT2D eigenvalue weighted by atomic mass is 32.2. The number of rotatable bonds is 14. The number of hydrogen-bond donors (Lipinski definition) is 7. The summed E-state index contributed by atoms with van der Waals surface area (Å²) in [6, 6.07) is -4.46. The van der Waals surface area contributed by atoms with Gasteiger partial charge in [-0.25, -0.2) is 4.79 Å². The van der Waals surface area contributed by atoms with Gasteiger partial charge in [0.2, 0.25) is 17.7 Å². The first kappa shape index (κ1) is 28.5. The largest absolute Gasteiger partial charge is 0.480 e. The molecule has 0 aromatic heterocycles. The van der Waals surface area contributed by atoms with Crippen molar-refractivity contribution in [2.75, 3.05) is 17.8 Å². The van der Waals surface area contributed by atoms with Gasteiger partial charge in [-0.2, -0.15) is 24.4 Å². The second kappa shape index (κ2) is 14.5. The van der Waals surface area contributed by atoms with E-state index in [0.717, 1.165) is 0 Å². The standard InChI is InChI=1S/C18H34N4O6S2/c1-5-9(2)13(18(27)28)21-17(26)14(10(3)23)22-16(25)12(8-29)20-15(24)11(19)6-7-30-4/h9-14,23,29H,5-8,19H2,1-4H3,(H,20,24)(H,21,26)(H,22,25)(H,27,28). The molecule has 0 fully saturated rings. The zero-order chi connectivity index (χ0) is 23.4.